The second-order valence-electron chi connectivity index (χ2n) is 5.32. The molecule has 0 saturated heterocycles. The Morgan fingerprint density at radius 1 is 0.444 bits per heavy atom. The maximum Gasteiger partial charge on any atom is 0.0133 e. The molecule has 0 heterocycles. The van der Waals surface area contributed by atoms with Gasteiger partial charge in [0.2, 0.25) is 0 Å². The SMILES string of the molecule is CCCCN(CCCC)N(CCCC)CCCC. The molecule has 0 aromatic rings. The van der Waals surface area contributed by atoms with Crippen LogP contribution in [0.3, 0.4) is 0 Å². The van der Waals surface area contributed by atoms with Crippen LogP contribution in [0.15, 0.2) is 0 Å². The predicted octanol–water partition coefficient (Wildman–Crippen LogP) is 4.71. The molecule has 0 saturated carbocycles. The fourth-order valence-electron chi connectivity index (χ4n) is 2.15. The average Bonchev–Trinajstić information content (AvgIpc) is 2.40. The lowest BCUT2D eigenvalue weighted by Gasteiger charge is -2.35. The molecule has 0 fully saturated rings. The molecule has 0 amide bonds. The van der Waals surface area contributed by atoms with Crippen molar-refractivity contribution in [2.24, 2.45) is 0 Å². The van der Waals surface area contributed by atoms with Crippen LogP contribution in [0.25, 0.3) is 0 Å². The summed E-state index contributed by atoms with van der Waals surface area (Å²) in [5.74, 6) is 0. The van der Waals surface area contributed by atoms with Crippen LogP contribution >= 0.6 is 0 Å². The first kappa shape index (κ1) is 17.9. The lowest BCUT2D eigenvalue weighted by Crippen LogP contribution is -2.44. The van der Waals surface area contributed by atoms with E-state index in [-0.39, 0.29) is 0 Å². The maximum absolute atomic E-state index is 2.64. The molecule has 0 aromatic carbocycles. The molecular formula is C16H36N2. The van der Waals surface area contributed by atoms with Gasteiger partial charge >= 0.3 is 0 Å². The highest BCUT2D eigenvalue weighted by molar-refractivity contribution is 4.60. The third kappa shape index (κ3) is 8.93. The van der Waals surface area contributed by atoms with Crippen LogP contribution in [-0.2, 0) is 0 Å². The van der Waals surface area contributed by atoms with Crippen molar-refractivity contribution in [3.63, 3.8) is 0 Å². The Morgan fingerprint density at radius 2 is 0.667 bits per heavy atom. The molecule has 0 aliphatic heterocycles. The van der Waals surface area contributed by atoms with Gasteiger partial charge < -0.3 is 0 Å². The highest BCUT2D eigenvalue weighted by Gasteiger charge is 2.13. The summed E-state index contributed by atoms with van der Waals surface area (Å²) >= 11 is 0. The maximum atomic E-state index is 2.64. The molecule has 0 rings (SSSR count). The first-order valence-electron chi connectivity index (χ1n) is 8.29. The van der Waals surface area contributed by atoms with Crippen LogP contribution in [0.4, 0.5) is 0 Å². The normalized spacial score (nSPS) is 11.7. The van der Waals surface area contributed by atoms with Crippen molar-refractivity contribution in [2.75, 3.05) is 26.2 Å². The van der Waals surface area contributed by atoms with Gasteiger partial charge in [-0.25, -0.2) is 10.0 Å². The van der Waals surface area contributed by atoms with E-state index in [2.05, 4.69) is 37.7 Å². The lowest BCUT2D eigenvalue weighted by molar-refractivity contribution is -0.0295. The number of hydrogen-bond acceptors (Lipinski definition) is 2. The predicted molar refractivity (Wildman–Crippen MR) is 82.8 cm³/mol. The zero-order valence-corrected chi connectivity index (χ0v) is 13.4. The van der Waals surface area contributed by atoms with Crippen molar-refractivity contribution in [1.82, 2.24) is 10.0 Å². The van der Waals surface area contributed by atoms with Gasteiger partial charge in [-0.05, 0) is 25.7 Å². The Kier molecular flexibility index (Phi) is 13.3. The van der Waals surface area contributed by atoms with Crippen molar-refractivity contribution < 1.29 is 0 Å². The summed E-state index contributed by atoms with van der Waals surface area (Å²) in [6.07, 6.45) is 10.5. The average molecular weight is 256 g/mol. The van der Waals surface area contributed by atoms with Crippen LogP contribution in [0, 0.1) is 0 Å². The van der Waals surface area contributed by atoms with Gasteiger partial charge in [-0.2, -0.15) is 0 Å². The fourth-order valence-corrected chi connectivity index (χ4v) is 2.15. The van der Waals surface area contributed by atoms with Gasteiger partial charge in [0.15, 0.2) is 0 Å². The molecule has 0 unspecified atom stereocenters. The number of unbranched alkanes of at least 4 members (excludes halogenated alkanes) is 4. The Balaban J connectivity index is 4.27. The zero-order valence-electron chi connectivity index (χ0n) is 13.4. The van der Waals surface area contributed by atoms with E-state index in [1.54, 1.807) is 0 Å². The number of nitrogens with zero attached hydrogens (tertiary/aromatic N) is 2. The molecule has 0 bridgehead atoms. The minimum absolute atomic E-state index is 1.25. The van der Waals surface area contributed by atoms with E-state index >= 15 is 0 Å². The molecule has 110 valence electrons. The number of rotatable bonds is 13. The van der Waals surface area contributed by atoms with Crippen molar-refractivity contribution in [2.45, 2.75) is 79.1 Å². The molecule has 18 heavy (non-hydrogen) atoms. The third-order valence-corrected chi connectivity index (χ3v) is 3.48. The highest BCUT2D eigenvalue weighted by atomic mass is 15.6. The van der Waals surface area contributed by atoms with Crippen LogP contribution in [0.1, 0.15) is 79.1 Å². The van der Waals surface area contributed by atoms with Crippen molar-refractivity contribution in [1.29, 1.82) is 0 Å². The molecule has 2 nitrogen and oxygen atoms in total. The van der Waals surface area contributed by atoms with Gasteiger partial charge in [-0.15, -0.1) is 0 Å². The number of hydrogen-bond donors (Lipinski definition) is 0. The van der Waals surface area contributed by atoms with Gasteiger partial charge in [0.1, 0.15) is 0 Å². The summed E-state index contributed by atoms with van der Waals surface area (Å²) in [4.78, 5) is 0. The van der Waals surface area contributed by atoms with E-state index in [1.807, 2.05) is 0 Å². The molecular weight excluding hydrogens is 220 g/mol. The highest BCUT2D eigenvalue weighted by Crippen LogP contribution is 2.08. The first-order chi connectivity index (χ1) is 8.79. The Labute approximate surface area is 116 Å². The zero-order chi connectivity index (χ0) is 13.6. The second kappa shape index (κ2) is 13.4. The Hall–Kier alpha value is -0.0800. The Morgan fingerprint density at radius 3 is 0.833 bits per heavy atom. The first-order valence-corrected chi connectivity index (χ1v) is 8.29. The van der Waals surface area contributed by atoms with E-state index in [1.165, 1.54) is 77.5 Å². The largest absolute Gasteiger partial charge is 0.242 e. The topological polar surface area (TPSA) is 6.48 Å². The smallest absolute Gasteiger partial charge is 0.0133 e. The third-order valence-electron chi connectivity index (χ3n) is 3.48. The molecule has 0 aliphatic carbocycles. The van der Waals surface area contributed by atoms with Crippen molar-refractivity contribution in [3.8, 4) is 0 Å². The molecule has 0 spiro atoms. The molecule has 2 heteroatoms. The molecule has 0 atom stereocenters. The summed E-state index contributed by atoms with van der Waals surface area (Å²) in [5.41, 5.74) is 0. The summed E-state index contributed by atoms with van der Waals surface area (Å²) in [7, 11) is 0. The number of hydrazine groups is 1. The quantitative estimate of drug-likeness (QED) is 0.440. The van der Waals surface area contributed by atoms with Crippen LogP contribution < -0.4 is 0 Å². The van der Waals surface area contributed by atoms with Crippen molar-refractivity contribution in [3.05, 3.63) is 0 Å². The van der Waals surface area contributed by atoms with E-state index < -0.39 is 0 Å². The molecule has 0 radical (unpaired) electrons. The monoisotopic (exact) mass is 256 g/mol. The van der Waals surface area contributed by atoms with Gasteiger partial charge in [-0.1, -0.05) is 53.4 Å². The lowest BCUT2D eigenvalue weighted by atomic mass is 10.2. The second-order valence-corrected chi connectivity index (χ2v) is 5.32. The van der Waals surface area contributed by atoms with E-state index in [4.69, 9.17) is 0 Å². The summed E-state index contributed by atoms with van der Waals surface area (Å²) in [5, 5.41) is 5.27. The van der Waals surface area contributed by atoms with E-state index in [0.717, 1.165) is 0 Å². The molecule has 0 aliphatic rings. The van der Waals surface area contributed by atoms with Crippen LogP contribution in [0.5, 0.6) is 0 Å². The minimum Gasteiger partial charge on any atom is -0.242 e. The van der Waals surface area contributed by atoms with E-state index in [9.17, 15) is 0 Å². The minimum atomic E-state index is 1.25. The summed E-state index contributed by atoms with van der Waals surface area (Å²) < 4.78 is 0. The summed E-state index contributed by atoms with van der Waals surface area (Å²) in [6.45, 7) is 14.2. The Bertz CT molecular complexity index is 125. The fraction of sp³-hybridized carbons (Fsp3) is 1.00. The van der Waals surface area contributed by atoms with Gasteiger partial charge in [0, 0.05) is 26.2 Å². The van der Waals surface area contributed by atoms with Crippen LogP contribution in [0.2, 0.25) is 0 Å². The van der Waals surface area contributed by atoms with Crippen LogP contribution in [-0.4, -0.2) is 36.2 Å². The van der Waals surface area contributed by atoms with Gasteiger partial charge in [-0.3, -0.25) is 0 Å². The van der Waals surface area contributed by atoms with Crippen molar-refractivity contribution >= 4 is 0 Å². The molecule has 0 N–H and O–H groups in total. The standard InChI is InChI=1S/C16H36N2/c1-5-9-13-17(14-10-6-2)18(15-11-7-3)16-12-8-4/h5-16H2,1-4H3. The summed E-state index contributed by atoms with van der Waals surface area (Å²) in [6, 6.07) is 0. The molecule has 0 aromatic heterocycles. The van der Waals surface area contributed by atoms with Gasteiger partial charge in [0.05, 0.1) is 0 Å². The van der Waals surface area contributed by atoms with E-state index in [0.29, 0.717) is 0 Å². The van der Waals surface area contributed by atoms with Gasteiger partial charge in [0.25, 0.3) is 0 Å².